The molecule has 13 heavy (non-hydrogen) atoms. The van der Waals surface area contributed by atoms with Gasteiger partial charge >= 0.3 is 0 Å². The van der Waals surface area contributed by atoms with Crippen LogP contribution in [0.1, 0.15) is 6.92 Å². The lowest BCUT2D eigenvalue weighted by Gasteiger charge is -2.20. The van der Waals surface area contributed by atoms with Crippen LogP contribution in [-0.4, -0.2) is 17.2 Å². The zero-order valence-electron chi connectivity index (χ0n) is 7.40. The van der Waals surface area contributed by atoms with Crippen LogP contribution in [0.15, 0.2) is 28.1 Å². The molecule has 0 fully saturated rings. The molecule has 0 aromatic heterocycles. The van der Waals surface area contributed by atoms with Crippen LogP contribution in [0.5, 0.6) is 0 Å². The fourth-order valence-corrected chi connectivity index (χ4v) is 2.01. The van der Waals surface area contributed by atoms with E-state index in [9.17, 15) is 0 Å². The first-order valence-corrected chi connectivity index (χ1v) is 4.95. The molecule has 2 N–H and O–H groups in total. The number of fused-ring (bicyclic) bond motifs is 1. The van der Waals surface area contributed by atoms with E-state index in [0.717, 1.165) is 22.8 Å². The molecule has 1 aliphatic rings. The molecule has 0 amide bonds. The Bertz CT molecular complexity index is 349. The number of nitrogens with zero attached hydrogens (tertiary/aromatic N) is 2. The van der Waals surface area contributed by atoms with Crippen molar-refractivity contribution in [1.82, 2.24) is 4.31 Å². The molecule has 1 aromatic carbocycles. The molecule has 0 bridgehead atoms. The van der Waals surface area contributed by atoms with E-state index in [-0.39, 0.29) is 0 Å². The van der Waals surface area contributed by atoms with Gasteiger partial charge in [0.15, 0.2) is 0 Å². The van der Waals surface area contributed by atoms with Gasteiger partial charge in [-0.05, 0) is 37.1 Å². The number of benzene rings is 1. The first kappa shape index (κ1) is 8.44. The van der Waals surface area contributed by atoms with Crippen LogP contribution in [0.4, 0.5) is 11.4 Å². The molecule has 0 saturated carbocycles. The van der Waals surface area contributed by atoms with E-state index >= 15 is 0 Å². The Morgan fingerprint density at radius 1 is 1.54 bits per heavy atom. The number of aliphatic imine (C=N–C) groups is 1. The summed E-state index contributed by atoms with van der Waals surface area (Å²) in [5, 5.41) is 0. The number of nitrogens with two attached hydrogens (primary N) is 1. The number of anilines is 1. The lowest BCUT2D eigenvalue weighted by molar-refractivity contribution is 0.728. The van der Waals surface area contributed by atoms with Gasteiger partial charge in [-0.25, -0.2) is 4.99 Å². The van der Waals surface area contributed by atoms with Gasteiger partial charge in [-0.15, -0.1) is 0 Å². The van der Waals surface area contributed by atoms with E-state index < -0.39 is 0 Å². The summed E-state index contributed by atoms with van der Waals surface area (Å²) in [6.07, 6.45) is 1.85. The molecule has 0 unspecified atom stereocenters. The molecule has 0 spiro atoms. The van der Waals surface area contributed by atoms with Crippen molar-refractivity contribution in [2.24, 2.45) is 4.99 Å². The highest BCUT2D eigenvalue weighted by atomic mass is 32.2. The van der Waals surface area contributed by atoms with E-state index in [1.807, 2.05) is 24.5 Å². The van der Waals surface area contributed by atoms with Gasteiger partial charge in [0.05, 0.1) is 10.6 Å². The monoisotopic (exact) mass is 193 g/mol. The smallest absolute Gasteiger partial charge is 0.101 e. The van der Waals surface area contributed by atoms with Crippen molar-refractivity contribution in [1.29, 1.82) is 0 Å². The van der Waals surface area contributed by atoms with Crippen LogP contribution in [0, 0.1) is 0 Å². The zero-order valence-corrected chi connectivity index (χ0v) is 8.21. The maximum Gasteiger partial charge on any atom is 0.101 e. The minimum absolute atomic E-state index is 0.791. The Hall–Kier alpha value is -1.16. The maximum absolute atomic E-state index is 5.69. The second kappa shape index (κ2) is 3.30. The minimum atomic E-state index is 0.791. The first-order valence-electron chi connectivity index (χ1n) is 4.18. The molecule has 1 aliphatic heterocycles. The van der Waals surface area contributed by atoms with Crippen LogP contribution in [-0.2, 0) is 0 Å². The molecule has 68 valence electrons. The van der Waals surface area contributed by atoms with Gasteiger partial charge in [0, 0.05) is 12.2 Å². The van der Waals surface area contributed by atoms with Crippen LogP contribution in [0.3, 0.4) is 0 Å². The second-order valence-corrected chi connectivity index (χ2v) is 3.89. The lowest BCUT2D eigenvalue weighted by Crippen LogP contribution is -2.14. The molecule has 0 saturated heterocycles. The highest BCUT2D eigenvalue weighted by Gasteiger charge is 2.11. The van der Waals surface area contributed by atoms with E-state index in [1.165, 1.54) is 0 Å². The molecule has 1 aromatic rings. The second-order valence-electron chi connectivity index (χ2n) is 2.80. The Kier molecular flexibility index (Phi) is 2.14. The summed E-state index contributed by atoms with van der Waals surface area (Å²) in [5.41, 5.74) is 7.48. The van der Waals surface area contributed by atoms with E-state index in [4.69, 9.17) is 5.73 Å². The van der Waals surface area contributed by atoms with Gasteiger partial charge in [-0.2, -0.15) is 0 Å². The first-order chi connectivity index (χ1) is 6.29. The normalized spacial score (nSPS) is 14.4. The minimum Gasteiger partial charge on any atom is -0.399 e. The van der Waals surface area contributed by atoms with E-state index in [2.05, 4.69) is 16.2 Å². The third-order valence-electron chi connectivity index (χ3n) is 1.84. The zero-order chi connectivity index (χ0) is 9.26. The molecule has 3 nitrogen and oxygen atoms in total. The van der Waals surface area contributed by atoms with Crippen molar-refractivity contribution in [2.75, 3.05) is 12.3 Å². The Labute approximate surface area is 81.8 Å². The van der Waals surface area contributed by atoms with Crippen LogP contribution in [0.2, 0.25) is 0 Å². The summed E-state index contributed by atoms with van der Waals surface area (Å²) in [6, 6.07) is 5.78. The molecule has 0 atom stereocenters. The summed E-state index contributed by atoms with van der Waals surface area (Å²) < 4.78 is 2.07. The third-order valence-corrected chi connectivity index (χ3v) is 2.95. The number of rotatable bonds is 1. The highest BCUT2D eigenvalue weighted by molar-refractivity contribution is 7.97. The fourth-order valence-electron chi connectivity index (χ4n) is 1.13. The van der Waals surface area contributed by atoms with Crippen molar-refractivity contribution < 1.29 is 0 Å². The van der Waals surface area contributed by atoms with Crippen LogP contribution in [0.25, 0.3) is 0 Å². The largest absolute Gasteiger partial charge is 0.399 e. The summed E-state index contributed by atoms with van der Waals surface area (Å²) in [4.78, 5) is 5.44. The van der Waals surface area contributed by atoms with Gasteiger partial charge in [0.2, 0.25) is 0 Å². The van der Waals surface area contributed by atoms with Crippen molar-refractivity contribution in [3.8, 4) is 0 Å². The standard InChI is InChI=1S/C9H11N3S/c1-2-12-6-11-8-4-3-7(10)5-9(8)13-12/h3-6H,2,10H2,1H3. The average Bonchev–Trinajstić information content (AvgIpc) is 2.16. The summed E-state index contributed by atoms with van der Waals surface area (Å²) in [7, 11) is 0. The molecular weight excluding hydrogens is 182 g/mol. The SMILES string of the molecule is CCN1C=Nc2ccc(N)cc2S1. The third kappa shape index (κ3) is 1.62. The van der Waals surface area contributed by atoms with E-state index in [1.54, 1.807) is 11.9 Å². The van der Waals surface area contributed by atoms with Crippen molar-refractivity contribution in [2.45, 2.75) is 11.8 Å². The molecule has 4 heteroatoms. The molecule has 0 radical (unpaired) electrons. The number of hydrogen-bond donors (Lipinski definition) is 1. The van der Waals surface area contributed by atoms with Gasteiger partial charge in [0.1, 0.15) is 6.34 Å². The Balaban J connectivity index is 2.36. The Morgan fingerprint density at radius 3 is 3.15 bits per heavy atom. The number of hydrogen-bond acceptors (Lipinski definition) is 4. The summed E-state index contributed by atoms with van der Waals surface area (Å²) in [6.45, 7) is 3.04. The molecule has 0 aliphatic carbocycles. The quantitative estimate of drug-likeness (QED) is 0.549. The molecule has 1 heterocycles. The summed E-state index contributed by atoms with van der Waals surface area (Å²) >= 11 is 1.68. The van der Waals surface area contributed by atoms with Crippen molar-refractivity contribution in [3.05, 3.63) is 18.2 Å². The fraction of sp³-hybridized carbons (Fsp3) is 0.222. The predicted octanol–water partition coefficient (Wildman–Crippen LogP) is 2.27. The lowest BCUT2D eigenvalue weighted by atomic mass is 10.3. The number of nitrogen functional groups attached to an aromatic ring is 1. The van der Waals surface area contributed by atoms with Crippen LogP contribution >= 0.6 is 11.9 Å². The molecule has 2 rings (SSSR count). The van der Waals surface area contributed by atoms with Gasteiger partial charge in [0.25, 0.3) is 0 Å². The van der Waals surface area contributed by atoms with Gasteiger partial charge in [-0.3, -0.25) is 0 Å². The van der Waals surface area contributed by atoms with Crippen molar-refractivity contribution in [3.63, 3.8) is 0 Å². The maximum atomic E-state index is 5.69. The topological polar surface area (TPSA) is 41.6 Å². The average molecular weight is 193 g/mol. The summed E-state index contributed by atoms with van der Waals surface area (Å²) in [5.74, 6) is 0. The van der Waals surface area contributed by atoms with E-state index in [0.29, 0.717) is 0 Å². The van der Waals surface area contributed by atoms with Gasteiger partial charge in [-0.1, -0.05) is 0 Å². The predicted molar refractivity (Wildman–Crippen MR) is 57.2 cm³/mol. The van der Waals surface area contributed by atoms with Gasteiger partial charge < -0.3 is 10.0 Å². The highest BCUT2D eigenvalue weighted by Crippen LogP contribution is 2.35. The molecular formula is C9H11N3S. The van der Waals surface area contributed by atoms with Crippen LogP contribution < -0.4 is 5.73 Å². The Morgan fingerprint density at radius 2 is 2.38 bits per heavy atom. The van der Waals surface area contributed by atoms with Crippen molar-refractivity contribution >= 4 is 29.7 Å².